The van der Waals surface area contributed by atoms with Crippen LogP contribution in [0.1, 0.15) is 23.2 Å². The van der Waals surface area contributed by atoms with Crippen molar-refractivity contribution in [2.45, 2.75) is 18.9 Å². The predicted octanol–water partition coefficient (Wildman–Crippen LogP) is 3.59. The first-order chi connectivity index (χ1) is 12.0. The molecule has 0 bridgehead atoms. The summed E-state index contributed by atoms with van der Waals surface area (Å²) in [4.78, 5) is 14.3. The lowest BCUT2D eigenvalue weighted by atomic mass is 10.0. The summed E-state index contributed by atoms with van der Waals surface area (Å²) < 4.78 is 39.8. The van der Waals surface area contributed by atoms with Crippen LogP contribution in [0.5, 0.6) is 0 Å². The number of nitrogens with zero attached hydrogens (tertiary/aromatic N) is 1. The summed E-state index contributed by atoms with van der Waals surface area (Å²) in [5.74, 6) is -4.01. The van der Waals surface area contributed by atoms with E-state index in [9.17, 15) is 18.0 Å². The van der Waals surface area contributed by atoms with Crippen LogP contribution in [0.15, 0.2) is 36.4 Å². The zero-order chi connectivity index (χ0) is 18.0. The summed E-state index contributed by atoms with van der Waals surface area (Å²) in [6, 6.07) is 8.80. The van der Waals surface area contributed by atoms with Gasteiger partial charge in [0.1, 0.15) is 0 Å². The minimum atomic E-state index is -1.49. The van der Waals surface area contributed by atoms with Crippen molar-refractivity contribution in [3.05, 3.63) is 59.4 Å². The Labute approximate surface area is 144 Å². The van der Waals surface area contributed by atoms with Crippen LogP contribution >= 0.6 is 0 Å². The molecular weight excluding hydrogens is 329 g/mol. The third-order valence-corrected chi connectivity index (χ3v) is 4.64. The van der Waals surface area contributed by atoms with Crippen LogP contribution in [0.4, 0.5) is 13.2 Å². The first-order valence-electron chi connectivity index (χ1n) is 8.21. The lowest BCUT2D eigenvalue weighted by molar-refractivity contribution is 0.0707. The first kappa shape index (κ1) is 17.5. The number of hydrogen-bond donors (Lipinski definition) is 1. The first-order valence-corrected chi connectivity index (χ1v) is 8.21. The molecular formula is C19H19F3N2O. The Hall–Kier alpha value is -2.34. The minimum absolute atomic E-state index is 0.0578. The van der Waals surface area contributed by atoms with Crippen LogP contribution in [0.25, 0.3) is 11.1 Å². The average Bonchev–Trinajstić information content (AvgIpc) is 2.65. The van der Waals surface area contributed by atoms with Crippen LogP contribution in [0.3, 0.4) is 0 Å². The molecule has 0 radical (unpaired) electrons. The van der Waals surface area contributed by atoms with Gasteiger partial charge in [0.25, 0.3) is 5.91 Å². The molecule has 2 aromatic carbocycles. The van der Waals surface area contributed by atoms with Crippen molar-refractivity contribution in [2.75, 3.05) is 20.1 Å². The quantitative estimate of drug-likeness (QED) is 0.860. The Morgan fingerprint density at radius 1 is 1.00 bits per heavy atom. The fourth-order valence-corrected chi connectivity index (χ4v) is 3.08. The lowest BCUT2D eigenvalue weighted by Gasteiger charge is -2.31. The van der Waals surface area contributed by atoms with Crippen molar-refractivity contribution in [2.24, 2.45) is 0 Å². The summed E-state index contributed by atoms with van der Waals surface area (Å²) in [7, 11) is 1.92. The number of piperidine rings is 1. The van der Waals surface area contributed by atoms with Gasteiger partial charge in [0.2, 0.25) is 0 Å². The van der Waals surface area contributed by atoms with Gasteiger partial charge in [-0.2, -0.15) is 0 Å². The molecule has 1 saturated heterocycles. The molecule has 1 aliphatic rings. The third-order valence-electron chi connectivity index (χ3n) is 4.64. The number of likely N-dealkylation sites (tertiary alicyclic amines) is 1. The lowest BCUT2D eigenvalue weighted by Crippen LogP contribution is -2.43. The van der Waals surface area contributed by atoms with Gasteiger partial charge in [0.05, 0.1) is 0 Å². The van der Waals surface area contributed by atoms with E-state index in [0.29, 0.717) is 30.3 Å². The number of amides is 1. The molecule has 0 saturated carbocycles. The van der Waals surface area contributed by atoms with Crippen molar-refractivity contribution in [1.29, 1.82) is 0 Å². The van der Waals surface area contributed by atoms with Gasteiger partial charge in [-0.1, -0.05) is 12.1 Å². The SMILES string of the molecule is CNC1CCN(C(=O)c2ccc(-c3cc(F)c(F)c(F)c3)cc2)CC1. The van der Waals surface area contributed by atoms with Crippen LogP contribution < -0.4 is 5.32 Å². The number of rotatable bonds is 3. The van der Waals surface area contributed by atoms with Crippen molar-refractivity contribution in [1.82, 2.24) is 10.2 Å². The maximum Gasteiger partial charge on any atom is 0.253 e. The number of nitrogens with one attached hydrogen (secondary N) is 1. The number of halogens is 3. The van der Waals surface area contributed by atoms with E-state index >= 15 is 0 Å². The highest BCUT2D eigenvalue weighted by molar-refractivity contribution is 5.94. The van der Waals surface area contributed by atoms with Gasteiger partial charge < -0.3 is 10.2 Å². The van der Waals surface area contributed by atoms with Gasteiger partial charge in [-0.15, -0.1) is 0 Å². The summed E-state index contributed by atoms with van der Waals surface area (Å²) in [5, 5.41) is 3.22. The predicted molar refractivity (Wildman–Crippen MR) is 89.7 cm³/mol. The van der Waals surface area contributed by atoms with E-state index in [4.69, 9.17) is 0 Å². The average molecular weight is 348 g/mol. The number of carbonyl (C=O) groups is 1. The summed E-state index contributed by atoms with van der Waals surface area (Å²) >= 11 is 0. The molecule has 1 N–H and O–H groups in total. The topological polar surface area (TPSA) is 32.3 Å². The van der Waals surface area contributed by atoms with Gasteiger partial charge in [-0.3, -0.25) is 4.79 Å². The minimum Gasteiger partial charge on any atom is -0.339 e. The van der Waals surface area contributed by atoms with Crippen LogP contribution in [0, 0.1) is 17.5 Å². The molecule has 25 heavy (non-hydrogen) atoms. The molecule has 0 aromatic heterocycles. The van der Waals surface area contributed by atoms with E-state index < -0.39 is 17.5 Å². The van der Waals surface area contributed by atoms with Gasteiger partial charge in [-0.25, -0.2) is 13.2 Å². The Kier molecular flexibility index (Phi) is 5.08. The molecule has 3 nitrogen and oxygen atoms in total. The molecule has 1 fully saturated rings. The summed E-state index contributed by atoms with van der Waals surface area (Å²) in [5.41, 5.74) is 1.27. The third kappa shape index (κ3) is 3.69. The van der Waals surface area contributed by atoms with Crippen LogP contribution in [-0.2, 0) is 0 Å². The number of carbonyl (C=O) groups excluding carboxylic acids is 1. The Bertz CT molecular complexity index is 746. The van der Waals surface area contributed by atoms with E-state index in [2.05, 4.69) is 5.32 Å². The van der Waals surface area contributed by atoms with Crippen LogP contribution in [-0.4, -0.2) is 37.0 Å². The summed E-state index contributed by atoms with van der Waals surface area (Å²) in [6.45, 7) is 1.39. The molecule has 6 heteroatoms. The van der Waals surface area contributed by atoms with Crippen molar-refractivity contribution < 1.29 is 18.0 Å². The highest BCUT2D eigenvalue weighted by Crippen LogP contribution is 2.24. The number of benzene rings is 2. The number of hydrogen-bond acceptors (Lipinski definition) is 2. The van der Waals surface area contributed by atoms with Crippen molar-refractivity contribution >= 4 is 5.91 Å². The Morgan fingerprint density at radius 2 is 1.56 bits per heavy atom. The molecule has 2 aromatic rings. The second kappa shape index (κ2) is 7.27. The van der Waals surface area contributed by atoms with E-state index in [1.54, 1.807) is 29.2 Å². The Morgan fingerprint density at radius 3 is 2.08 bits per heavy atom. The molecule has 0 atom stereocenters. The smallest absolute Gasteiger partial charge is 0.253 e. The largest absolute Gasteiger partial charge is 0.339 e. The van der Waals surface area contributed by atoms with E-state index in [-0.39, 0.29) is 11.5 Å². The highest BCUT2D eigenvalue weighted by atomic mass is 19.2. The van der Waals surface area contributed by atoms with Gasteiger partial charge in [0.15, 0.2) is 17.5 Å². The summed E-state index contributed by atoms with van der Waals surface area (Å²) in [6.07, 6.45) is 1.82. The Balaban J connectivity index is 1.75. The van der Waals surface area contributed by atoms with Gasteiger partial charge in [0, 0.05) is 24.7 Å². The van der Waals surface area contributed by atoms with E-state index in [0.717, 1.165) is 25.0 Å². The fourth-order valence-electron chi connectivity index (χ4n) is 3.08. The van der Waals surface area contributed by atoms with Crippen LogP contribution in [0.2, 0.25) is 0 Å². The maximum absolute atomic E-state index is 13.4. The van der Waals surface area contributed by atoms with Gasteiger partial charge in [-0.05, 0) is 55.3 Å². The molecule has 1 aliphatic heterocycles. The second-order valence-electron chi connectivity index (χ2n) is 6.19. The van der Waals surface area contributed by atoms with E-state index in [1.165, 1.54) is 0 Å². The molecule has 0 aliphatic carbocycles. The second-order valence-corrected chi connectivity index (χ2v) is 6.19. The normalized spacial score (nSPS) is 15.4. The zero-order valence-corrected chi connectivity index (χ0v) is 13.9. The molecule has 132 valence electrons. The molecule has 1 amide bonds. The molecule has 0 unspecified atom stereocenters. The van der Waals surface area contributed by atoms with E-state index in [1.807, 2.05) is 7.05 Å². The molecule has 3 rings (SSSR count). The maximum atomic E-state index is 13.4. The molecule has 1 heterocycles. The zero-order valence-electron chi connectivity index (χ0n) is 13.9. The van der Waals surface area contributed by atoms with Gasteiger partial charge >= 0.3 is 0 Å². The monoisotopic (exact) mass is 348 g/mol. The standard InChI is InChI=1S/C19H19F3N2O/c1-23-15-6-8-24(9-7-15)19(25)13-4-2-12(3-5-13)14-10-16(20)18(22)17(21)11-14/h2-5,10-11,15,23H,6-9H2,1H3. The van der Waals surface area contributed by atoms with Crippen molar-refractivity contribution in [3.63, 3.8) is 0 Å². The highest BCUT2D eigenvalue weighted by Gasteiger charge is 2.22. The molecule has 0 spiro atoms. The van der Waals surface area contributed by atoms with Crippen molar-refractivity contribution in [3.8, 4) is 11.1 Å². The fraction of sp³-hybridized carbons (Fsp3) is 0.316.